The first kappa shape index (κ1) is 14.6. The van der Waals surface area contributed by atoms with Crippen LogP contribution < -0.4 is 10.6 Å². The third-order valence-electron chi connectivity index (χ3n) is 3.53. The average molecular weight is 301 g/mol. The minimum Gasteiger partial charge on any atom is -0.481 e. The topological polar surface area (TPSA) is 78.4 Å². The molecule has 1 aromatic carbocycles. The van der Waals surface area contributed by atoms with Gasteiger partial charge in [-0.25, -0.2) is 9.18 Å². The van der Waals surface area contributed by atoms with Gasteiger partial charge in [0.15, 0.2) is 0 Å². The summed E-state index contributed by atoms with van der Waals surface area (Å²) in [5.74, 6) is -1.56. The Morgan fingerprint density at radius 2 is 2.10 bits per heavy atom. The molecule has 3 N–H and O–H groups in total. The Bertz CT molecular complexity index is 546. The van der Waals surface area contributed by atoms with Crippen LogP contribution in [0.15, 0.2) is 18.2 Å². The minimum absolute atomic E-state index is 0.00937. The maximum atomic E-state index is 13.5. The van der Waals surface area contributed by atoms with Gasteiger partial charge in [-0.1, -0.05) is 18.0 Å². The Morgan fingerprint density at radius 3 is 2.60 bits per heavy atom. The van der Waals surface area contributed by atoms with E-state index in [1.54, 1.807) is 0 Å². The molecule has 0 saturated heterocycles. The normalized spacial score (nSPS) is 16.1. The molecule has 1 aromatic rings. The van der Waals surface area contributed by atoms with E-state index in [4.69, 9.17) is 16.7 Å². The van der Waals surface area contributed by atoms with Crippen molar-refractivity contribution in [2.45, 2.75) is 19.3 Å². The SMILES string of the molecule is O=C(NCC1(C(=O)O)CCC1)Nc1ccc(Cl)cc1F. The lowest BCUT2D eigenvalue weighted by Crippen LogP contribution is -2.48. The molecular weight excluding hydrogens is 287 g/mol. The molecule has 20 heavy (non-hydrogen) atoms. The molecule has 0 bridgehead atoms. The first-order valence-electron chi connectivity index (χ1n) is 6.16. The number of carbonyl (C=O) groups is 2. The number of rotatable bonds is 4. The van der Waals surface area contributed by atoms with Crippen molar-refractivity contribution >= 4 is 29.3 Å². The highest BCUT2D eigenvalue weighted by Gasteiger charge is 2.44. The maximum Gasteiger partial charge on any atom is 0.319 e. The van der Waals surface area contributed by atoms with Crippen molar-refractivity contribution in [2.24, 2.45) is 5.41 Å². The number of hydrogen-bond acceptors (Lipinski definition) is 2. The van der Waals surface area contributed by atoms with Crippen LogP contribution in [0.2, 0.25) is 5.02 Å². The van der Waals surface area contributed by atoms with E-state index in [1.165, 1.54) is 12.1 Å². The molecule has 0 heterocycles. The summed E-state index contributed by atoms with van der Waals surface area (Å²) in [7, 11) is 0. The summed E-state index contributed by atoms with van der Waals surface area (Å²) in [6, 6.07) is 3.24. The Morgan fingerprint density at radius 1 is 1.40 bits per heavy atom. The maximum absolute atomic E-state index is 13.5. The largest absolute Gasteiger partial charge is 0.481 e. The number of carboxylic acids is 1. The van der Waals surface area contributed by atoms with Gasteiger partial charge in [-0.15, -0.1) is 0 Å². The summed E-state index contributed by atoms with van der Waals surface area (Å²) in [6.07, 6.45) is 1.91. The standard InChI is InChI=1S/C13H14ClFN2O3/c14-8-2-3-10(9(15)6-8)17-12(20)16-7-13(11(18)19)4-1-5-13/h2-3,6H,1,4-5,7H2,(H,18,19)(H2,16,17,20). The lowest BCUT2D eigenvalue weighted by molar-refractivity contribution is -0.153. The number of halogens is 2. The number of benzene rings is 1. The molecule has 108 valence electrons. The highest BCUT2D eigenvalue weighted by atomic mass is 35.5. The average Bonchev–Trinajstić information content (AvgIpc) is 2.31. The van der Waals surface area contributed by atoms with E-state index in [9.17, 15) is 14.0 Å². The Balaban J connectivity index is 1.91. The van der Waals surface area contributed by atoms with Crippen LogP contribution in [-0.4, -0.2) is 23.7 Å². The Hall–Kier alpha value is -1.82. The van der Waals surface area contributed by atoms with Gasteiger partial charge in [-0.2, -0.15) is 0 Å². The quantitative estimate of drug-likeness (QED) is 0.800. The zero-order valence-electron chi connectivity index (χ0n) is 10.6. The number of carboxylic acid groups (broad SMARTS) is 1. The van der Waals surface area contributed by atoms with E-state index in [1.807, 2.05) is 0 Å². The zero-order chi connectivity index (χ0) is 14.8. The molecule has 0 unspecified atom stereocenters. The van der Waals surface area contributed by atoms with Gasteiger partial charge in [0.1, 0.15) is 5.82 Å². The Kier molecular flexibility index (Phi) is 4.13. The molecule has 1 fully saturated rings. The molecular formula is C13H14ClFN2O3. The van der Waals surface area contributed by atoms with Gasteiger partial charge in [0, 0.05) is 11.6 Å². The highest BCUT2D eigenvalue weighted by molar-refractivity contribution is 6.30. The van der Waals surface area contributed by atoms with Crippen molar-refractivity contribution in [3.05, 3.63) is 29.0 Å². The second kappa shape index (κ2) is 5.66. The third-order valence-corrected chi connectivity index (χ3v) is 3.77. The lowest BCUT2D eigenvalue weighted by atomic mass is 9.69. The monoisotopic (exact) mass is 300 g/mol. The first-order chi connectivity index (χ1) is 9.43. The molecule has 0 spiro atoms. The second-order valence-corrected chi connectivity index (χ2v) is 5.31. The van der Waals surface area contributed by atoms with Gasteiger partial charge in [0.05, 0.1) is 11.1 Å². The summed E-state index contributed by atoms with van der Waals surface area (Å²) in [5.41, 5.74) is -0.888. The minimum atomic E-state index is -0.915. The van der Waals surface area contributed by atoms with Gasteiger partial charge < -0.3 is 15.7 Å². The van der Waals surface area contributed by atoms with Crippen molar-refractivity contribution in [3.63, 3.8) is 0 Å². The first-order valence-corrected chi connectivity index (χ1v) is 6.54. The van der Waals surface area contributed by atoms with Crippen LogP contribution in [0, 0.1) is 11.2 Å². The molecule has 5 nitrogen and oxygen atoms in total. The fourth-order valence-corrected chi connectivity index (χ4v) is 2.24. The molecule has 0 atom stereocenters. The summed E-state index contributed by atoms with van der Waals surface area (Å²) < 4.78 is 13.5. The Labute approximate surface area is 120 Å². The van der Waals surface area contributed by atoms with Crippen LogP contribution in [-0.2, 0) is 4.79 Å². The van der Waals surface area contributed by atoms with E-state index < -0.39 is 23.2 Å². The fourth-order valence-electron chi connectivity index (χ4n) is 2.08. The summed E-state index contributed by atoms with van der Waals surface area (Å²) in [6.45, 7) is 0.0311. The van der Waals surface area contributed by atoms with Crippen molar-refractivity contribution in [1.82, 2.24) is 5.32 Å². The lowest BCUT2D eigenvalue weighted by Gasteiger charge is -2.37. The number of aliphatic carboxylic acids is 1. The van der Waals surface area contributed by atoms with E-state index in [0.29, 0.717) is 12.8 Å². The number of anilines is 1. The van der Waals surface area contributed by atoms with Crippen LogP contribution in [0.3, 0.4) is 0 Å². The van der Waals surface area contributed by atoms with E-state index in [-0.39, 0.29) is 17.3 Å². The van der Waals surface area contributed by atoms with Gasteiger partial charge in [-0.05, 0) is 31.0 Å². The number of hydrogen-bond donors (Lipinski definition) is 3. The summed E-state index contributed by atoms with van der Waals surface area (Å²) in [4.78, 5) is 22.8. The van der Waals surface area contributed by atoms with Crippen LogP contribution in [0.4, 0.5) is 14.9 Å². The molecule has 2 amide bonds. The van der Waals surface area contributed by atoms with Gasteiger partial charge in [0.25, 0.3) is 0 Å². The summed E-state index contributed by atoms with van der Waals surface area (Å²) >= 11 is 5.60. The summed E-state index contributed by atoms with van der Waals surface area (Å²) in [5, 5.41) is 14.1. The van der Waals surface area contributed by atoms with Gasteiger partial charge in [-0.3, -0.25) is 4.79 Å². The molecule has 0 aromatic heterocycles. The second-order valence-electron chi connectivity index (χ2n) is 4.87. The van der Waals surface area contributed by atoms with E-state index >= 15 is 0 Å². The molecule has 1 saturated carbocycles. The molecule has 7 heteroatoms. The third kappa shape index (κ3) is 3.01. The predicted octanol–water partition coefficient (Wildman–Crippen LogP) is 2.86. The fraction of sp³-hybridized carbons (Fsp3) is 0.385. The molecule has 1 aliphatic carbocycles. The van der Waals surface area contributed by atoms with Crippen LogP contribution >= 0.6 is 11.6 Å². The number of nitrogens with one attached hydrogen (secondary N) is 2. The molecule has 1 aliphatic rings. The number of carbonyl (C=O) groups excluding carboxylic acids is 1. The van der Waals surface area contributed by atoms with Crippen molar-refractivity contribution in [3.8, 4) is 0 Å². The molecule has 0 aliphatic heterocycles. The van der Waals surface area contributed by atoms with Crippen molar-refractivity contribution < 1.29 is 19.1 Å². The molecule has 2 rings (SSSR count). The predicted molar refractivity (Wildman–Crippen MR) is 72.4 cm³/mol. The van der Waals surface area contributed by atoms with Crippen molar-refractivity contribution in [1.29, 1.82) is 0 Å². The van der Waals surface area contributed by atoms with E-state index in [2.05, 4.69) is 10.6 Å². The van der Waals surface area contributed by atoms with Gasteiger partial charge in [0.2, 0.25) is 0 Å². The van der Waals surface area contributed by atoms with E-state index in [0.717, 1.165) is 12.5 Å². The smallest absolute Gasteiger partial charge is 0.319 e. The molecule has 0 radical (unpaired) electrons. The van der Waals surface area contributed by atoms with Crippen molar-refractivity contribution in [2.75, 3.05) is 11.9 Å². The number of urea groups is 1. The highest BCUT2D eigenvalue weighted by Crippen LogP contribution is 2.40. The van der Waals surface area contributed by atoms with Crippen LogP contribution in [0.25, 0.3) is 0 Å². The zero-order valence-corrected chi connectivity index (χ0v) is 11.3. The number of amides is 2. The van der Waals surface area contributed by atoms with Crippen LogP contribution in [0.1, 0.15) is 19.3 Å². The van der Waals surface area contributed by atoms with Gasteiger partial charge >= 0.3 is 12.0 Å². The van der Waals surface area contributed by atoms with Crippen LogP contribution in [0.5, 0.6) is 0 Å².